The summed E-state index contributed by atoms with van der Waals surface area (Å²) in [6.45, 7) is 2.10. The smallest absolute Gasteiger partial charge is 0.164 e. The quantitative estimate of drug-likeness (QED) is 0.553. The first-order valence-corrected chi connectivity index (χ1v) is 9.53. The lowest BCUT2D eigenvalue weighted by Crippen LogP contribution is -2.34. The van der Waals surface area contributed by atoms with Crippen LogP contribution >= 0.6 is 0 Å². The zero-order chi connectivity index (χ0) is 21.4. The highest BCUT2D eigenvalue weighted by Crippen LogP contribution is 2.38. The molecule has 1 saturated carbocycles. The molecule has 160 valence electrons. The van der Waals surface area contributed by atoms with Gasteiger partial charge in [0.15, 0.2) is 23.1 Å². The lowest BCUT2D eigenvalue weighted by Gasteiger charge is -2.20. The molecule has 3 aromatic rings. The van der Waals surface area contributed by atoms with Gasteiger partial charge in [-0.25, -0.2) is 18.7 Å². The lowest BCUT2D eigenvalue weighted by molar-refractivity contribution is -0.0171. The molecule has 4 rings (SSSR count). The fourth-order valence-electron chi connectivity index (χ4n) is 3.77. The van der Waals surface area contributed by atoms with Crippen LogP contribution in [0.3, 0.4) is 0 Å². The van der Waals surface area contributed by atoms with E-state index in [0.717, 1.165) is 23.2 Å². The third-order valence-electron chi connectivity index (χ3n) is 5.31. The number of aliphatic hydroxyl groups is 2. The van der Waals surface area contributed by atoms with Gasteiger partial charge in [0.2, 0.25) is 0 Å². The number of nitrogens with zero attached hydrogens (tertiary/aromatic N) is 3. The third kappa shape index (κ3) is 3.57. The van der Waals surface area contributed by atoms with Crippen LogP contribution in [0.4, 0.5) is 8.78 Å². The summed E-state index contributed by atoms with van der Waals surface area (Å²) in [5.41, 5.74) is 6.83. The van der Waals surface area contributed by atoms with Crippen molar-refractivity contribution in [2.24, 2.45) is 5.73 Å². The minimum atomic E-state index is -1.26. The van der Waals surface area contributed by atoms with Crippen molar-refractivity contribution in [3.05, 3.63) is 48.1 Å². The number of halogens is 2. The molecule has 2 unspecified atom stereocenters. The highest BCUT2D eigenvalue weighted by molar-refractivity contribution is 5.78. The van der Waals surface area contributed by atoms with Gasteiger partial charge >= 0.3 is 0 Å². The predicted molar refractivity (Wildman–Crippen MR) is 103 cm³/mol. The fourth-order valence-corrected chi connectivity index (χ4v) is 3.77. The third-order valence-corrected chi connectivity index (χ3v) is 5.31. The Morgan fingerprint density at radius 3 is 2.63 bits per heavy atom. The summed E-state index contributed by atoms with van der Waals surface area (Å²) in [4.78, 5) is 8.43. The maximum absolute atomic E-state index is 13.8. The molecule has 1 aliphatic rings. The largest absolute Gasteiger partial charge is 0.488 e. The second kappa shape index (κ2) is 8.13. The highest BCUT2D eigenvalue weighted by Gasteiger charge is 2.44. The maximum Gasteiger partial charge on any atom is 0.164 e. The first kappa shape index (κ1) is 20.5. The van der Waals surface area contributed by atoms with E-state index in [1.165, 1.54) is 6.33 Å². The molecule has 8 nitrogen and oxygen atoms in total. The van der Waals surface area contributed by atoms with Crippen molar-refractivity contribution in [1.29, 1.82) is 0 Å². The molecule has 4 atom stereocenters. The minimum Gasteiger partial charge on any atom is -0.488 e. The topological polar surface area (TPSA) is 116 Å². The maximum atomic E-state index is 13.8. The molecule has 0 saturated heterocycles. The number of aryl methyl sites for hydroxylation is 1. The number of aliphatic hydroxyl groups excluding tert-OH is 2. The number of hydrogen-bond donors (Lipinski definition) is 3. The first-order valence-electron chi connectivity index (χ1n) is 9.53. The van der Waals surface area contributed by atoms with E-state index >= 15 is 0 Å². The summed E-state index contributed by atoms with van der Waals surface area (Å²) in [6, 6.07) is 3.03. The minimum absolute atomic E-state index is 0.0285. The van der Waals surface area contributed by atoms with Crippen LogP contribution in [0.2, 0.25) is 0 Å². The molecule has 4 N–H and O–H groups in total. The molecule has 0 amide bonds. The van der Waals surface area contributed by atoms with Crippen molar-refractivity contribution >= 4 is 11.0 Å². The Morgan fingerprint density at radius 1 is 1.17 bits per heavy atom. The number of hydrogen-bond acceptors (Lipinski definition) is 7. The Labute approximate surface area is 170 Å². The Balaban J connectivity index is 1.61. The van der Waals surface area contributed by atoms with Gasteiger partial charge in [-0.15, -0.1) is 0 Å². The molecule has 0 radical (unpaired) electrons. The van der Waals surface area contributed by atoms with Gasteiger partial charge in [-0.05, 0) is 13.0 Å². The summed E-state index contributed by atoms with van der Waals surface area (Å²) in [5.74, 6) is -2.31. The summed E-state index contributed by atoms with van der Waals surface area (Å²) < 4.78 is 40.3. The summed E-state index contributed by atoms with van der Waals surface area (Å²) in [5, 5.41) is 22.0. The molecule has 2 heterocycles. The van der Waals surface area contributed by atoms with Gasteiger partial charge in [-0.2, -0.15) is 0 Å². The van der Waals surface area contributed by atoms with Crippen molar-refractivity contribution < 1.29 is 28.5 Å². The van der Waals surface area contributed by atoms with Crippen LogP contribution in [0.1, 0.15) is 18.2 Å². The number of aromatic nitrogens is 3. The van der Waals surface area contributed by atoms with Crippen molar-refractivity contribution in [1.82, 2.24) is 14.5 Å². The SMILES string of the molecule is Cc1ncnc2c1ccn2C1CC(Oc2cc(F)c(F)cc2OCCN)[C@@H](O)[C@H]1O. The Kier molecular flexibility index (Phi) is 5.54. The van der Waals surface area contributed by atoms with Gasteiger partial charge in [0.25, 0.3) is 0 Å². The average molecular weight is 420 g/mol. The summed E-state index contributed by atoms with van der Waals surface area (Å²) >= 11 is 0. The molecular weight excluding hydrogens is 398 g/mol. The van der Waals surface area contributed by atoms with Gasteiger partial charge < -0.3 is 30.0 Å². The second-order valence-electron chi connectivity index (χ2n) is 7.21. The van der Waals surface area contributed by atoms with Crippen LogP contribution in [0, 0.1) is 18.6 Å². The Bertz CT molecular complexity index is 1060. The van der Waals surface area contributed by atoms with Crippen LogP contribution in [0.15, 0.2) is 30.7 Å². The van der Waals surface area contributed by atoms with E-state index in [0.29, 0.717) is 5.65 Å². The van der Waals surface area contributed by atoms with Gasteiger partial charge in [0.05, 0.1) is 11.7 Å². The van der Waals surface area contributed by atoms with Crippen molar-refractivity contribution in [2.75, 3.05) is 13.2 Å². The molecule has 30 heavy (non-hydrogen) atoms. The van der Waals surface area contributed by atoms with Crippen LogP contribution < -0.4 is 15.2 Å². The molecule has 0 bridgehead atoms. The van der Waals surface area contributed by atoms with Gasteiger partial charge in [0.1, 0.15) is 36.9 Å². The van der Waals surface area contributed by atoms with E-state index in [-0.39, 0.29) is 31.1 Å². The lowest BCUT2D eigenvalue weighted by atomic mass is 10.2. The monoisotopic (exact) mass is 420 g/mol. The van der Waals surface area contributed by atoms with Crippen LogP contribution in [0.25, 0.3) is 11.0 Å². The van der Waals surface area contributed by atoms with Gasteiger partial charge in [-0.1, -0.05) is 0 Å². The second-order valence-corrected chi connectivity index (χ2v) is 7.21. The zero-order valence-corrected chi connectivity index (χ0v) is 16.2. The molecule has 2 aromatic heterocycles. The van der Waals surface area contributed by atoms with E-state index in [1.54, 1.807) is 10.8 Å². The molecule has 0 spiro atoms. The standard InChI is InChI=1S/C20H22F2N4O4/c1-10-11-2-4-26(20(11)25-9-24-10)14-8-17(19(28)18(14)27)30-16-7-13(22)12(21)6-15(16)29-5-3-23/h2,4,6-7,9,14,17-19,27-28H,3,5,8,23H2,1H3/t14?,17?,18-,19+/m0/s1. The molecule has 1 aromatic carbocycles. The number of rotatable bonds is 6. The Hall–Kier alpha value is -2.82. The van der Waals surface area contributed by atoms with E-state index in [9.17, 15) is 19.0 Å². The van der Waals surface area contributed by atoms with E-state index in [4.69, 9.17) is 15.2 Å². The first-order chi connectivity index (χ1) is 14.4. The van der Waals surface area contributed by atoms with Crippen LogP contribution in [0.5, 0.6) is 11.5 Å². The normalized spacial score (nSPS) is 23.8. The zero-order valence-electron chi connectivity index (χ0n) is 16.2. The predicted octanol–water partition coefficient (Wildman–Crippen LogP) is 1.47. The molecule has 0 aliphatic heterocycles. The number of fused-ring (bicyclic) bond motifs is 1. The number of benzene rings is 1. The van der Waals surface area contributed by atoms with Crippen molar-refractivity contribution in [2.45, 2.75) is 37.7 Å². The van der Waals surface area contributed by atoms with Gasteiger partial charge in [-0.3, -0.25) is 0 Å². The van der Waals surface area contributed by atoms with Crippen molar-refractivity contribution in [3.63, 3.8) is 0 Å². The number of ether oxygens (including phenoxy) is 2. The molecule has 10 heteroatoms. The van der Waals surface area contributed by atoms with Crippen molar-refractivity contribution in [3.8, 4) is 11.5 Å². The molecule has 1 aliphatic carbocycles. The number of nitrogens with two attached hydrogens (primary N) is 1. The van der Waals surface area contributed by atoms with Crippen LogP contribution in [-0.2, 0) is 0 Å². The summed E-state index contributed by atoms with van der Waals surface area (Å²) in [7, 11) is 0. The Morgan fingerprint density at radius 2 is 1.90 bits per heavy atom. The highest BCUT2D eigenvalue weighted by atomic mass is 19.2. The molecule has 1 fully saturated rings. The van der Waals surface area contributed by atoms with E-state index in [1.807, 2.05) is 13.0 Å². The van der Waals surface area contributed by atoms with Gasteiger partial charge in [0, 0.05) is 36.7 Å². The van der Waals surface area contributed by atoms with E-state index < -0.39 is 36.0 Å². The van der Waals surface area contributed by atoms with Crippen LogP contribution in [-0.4, -0.2) is 56.2 Å². The summed E-state index contributed by atoms with van der Waals surface area (Å²) in [6.07, 6.45) is 0.121. The van der Waals surface area contributed by atoms with E-state index in [2.05, 4.69) is 9.97 Å². The average Bonchev–Trinajstić information content (AvgIpc) is 3.27. The fraction of sp³-hybridized carbons (Fsp3) is 0.400. The molecular formula is C20H22F2N4O4.